The minimum Gasteiger partial charge on any atom is -0.475 e. The monoisotopic (exact) mass is 134 g/mol. The molecule has 0 aliphatic rings. The molecule has 0 unspecified atom stereocenters. The summed E-state index contributed by atoms with van der Waals surface area (Å²) in [6.45, 7) is 3.10. The summed E-state index contributed by atoms with van der Waals surface area (Å²) in [7, 11) is 0. The van der Waals surface area contributed by atoms with Crippen LogP contribution in [0.25, 0.3) is 0 Å². The number of Topliss-reactive ketones (excluding diaryl/α,β-unsaturated/α-hetero) is 1. The van der Waals surface area contributed by atoms with E-state index in [9.17, 15) is 9.59 Å². The quantitative estimate of drug-likeness (QED) is 0.515. The highest BCUT2D eigenvalue weighted by Crippen LogP contribution is 1.92. The van der Waals surface area contributed by atoms with Gasteiger partial charge in [-0.15, -0.1) is 0 Å². The molecular weight excluding hydrogens is 124 g/mol. The molecule has 3 N–H and O–H groups in total. The van der Waals surface area contributed by atoms with Crippen molar-refractivity contribution in [3.05, 3.63) is 0 Å². The topological polar surface area (TPSA) is 85.9 Å². The summed E-state index contributed by atoms with van der Waals surface area (Å²) >= 11 is 0. The van der Waals surface area contributed by atoms with E-state index in [0.29, 0.717) is 0 Å². The van der Waals surface area contributed by atoms with Gasteiger partial charge in [0.2, 0.25) is 5.78 Å². The van der Waals surface area contributed by atoms with Gasteiger partial charge in [0.25, 0.3) is 0 Å². The number of rotatable bonds is 2. The second kappa shape index (κ2) is 4.03. The fourth-order valence-corrected chi connectivity index (χ4v) is 0.247. The highest BCUT2D eigenvalue weighted by atomic mass is 16.4. The Morgan fingerprint density at radius 3 is 1.67 bits per heavy atom. The second-order valence-electron chi connectivity index (χ2n) is 1.82. The van der Waals surface area contributed by atoms with Crippen LogP contribution in [-0.4, -0.2) is 22.3 Å². The Balaban J connectivity index is 0. The minimum absolute atomic E-state index is 0. The van der Waals surface area contributed by atoms with Crippen molar-refractivity contribution in [2.24, 2.45) is 5.92 Å². The van der Waals surface area contributed by atoms with E-state index in [2.05, 4.69) is 0 Å². The maximum Gasteiger partial charge on any atom is 0.372 e. The average molecular weight is 134 g/mol. The van der Waals surface area contributed by atoms with Crippen LogP contribution in [0, 0.1) is 5.92 Å². The van der Waals surface area contributed by atoms with E-state index in [1.165, 1.54) is 0 Å². The van der Waals surface area contributed by atoms with Gasteiger partial charge in [0.1, 0.15) is 0 Å². The number of carbonyl (C=O) groups excluding carboxylic acids is 1. The predicted octanol–water partition coefficient (Wildman–Crippen LogP) is -0.529. The zero-order valence-corrected chi connectivity index (χ0v) is 5.34. The SMILES string of the molecule is CC(C)C(=O)C(=O)O.O. The molecule has 4 heteroatoms. The van der Waals surface area contributed by atoms with Crippen LogP contribution in [0.1, 0.15) is 13.8 Å². The van der Waals surface area contributed by atoms with E-state index >= 15 is 0 Å². The number of hydrogen-bond acceptors (Lipinski definition) is 2. The van der Waals surface area contributed by atoms with Crippen LogP contribution in [0.3, 0.4) is 0 Å². The Hall–Kier alpha value is -0.900. The molecule has 0 aliphatic heterocycles. The normalized spacial score (nSPS) is 8.33. The van der Waals surface area contributed by atoms with Gasteiger partial charge in [-0.1, -0.05) is 13.8 Å². The molecule has 9 heavy (non-hydrogen) atoms. The predicted molar refractivity (Wildman–Crippen MR) is 31.1 cm³/mol. The van der Waals surface area contributed by atoms with Crippen molar-refractivity contribution in [1.82, 2.24) is 0 Å². The van der Waals surface area contributed by atoms with Crippen LogP contribution >= 0.6 is 0 Å². The molecule has 54 valence electrons. The van der Waals surface area contributed by atoms with Crippen molar-refractivity contribution >= 4 is 11.8 Å². The highest BCUT2D eigenvalue weighted by Gasteiger charge is 2.14. The van der Waals surface area contributed by atoms with Crippen molar-refractivity contribution in [2.45, 2.75) is 13.8 Å². The van der Waals surface area contributed by atoms with Gasteiger partial charge in [-0.3, -0.25) is 4.79 Å². The number of carboxylic acid groups (broad SMARTS) is 1. The molecule has 0 rings (SSSR count). The molecule has 0 spiro atoms. The smallest absolute Gasteiger partial charge is 0.372 e. The van der Waals surface area contributed by atoms with Gasteiger partial charge >= 0.3 is 5.97 Å². The largest absolute Gasteiger partial charge is 0.475 e. The van der Waals surface area contributed by atoms with E-state index in [0.717, 1.165) is 0 Å². The molecule has 0 aromatic carbocycles. The summed E-state index contributed by atoms with van der Waals surface area (Å²) < 4.78 is 0. The van der Waals surface area contributed by atoms with Crippen LogP contribution in [0.2, 0.25) is 0 Å². The van der Waals surface area contributed by atoms with Crippen molar-refractivity contribution in [1.29, 1.82) is 0 Å². The Morgan fingerprint density at radius 1 is 1.33 bits per heavy atom. The Bertz CT molecular complexity index is 116. The lowest BCUT2D eigenvalue weighted by Gasteiger charge is -1.93. The molecule has 0 heterocycles. The number of aliphatic carboxylic acids is 1. The molecule has 0 aliphatic carbocycles. The number of carboxylic acids is 1. The zero-order valence-electron chi connectivity index (χ0n) is 5.34. The molecule has 0 amide bonds. The lowest BCUT2D eigenvalue weighted by molar-refractivity contribution is -0.150. The third-order valence-electron chi connectivity index (χ3n) is 0.735. The van der Waals surface area contributed by atoms with Gasteiger partial charge in [-0.2, -0.15) is 0 Å². The van der Waals surface area contributed by atoms with Crippen LogP contribution in [0.4, 0.5) is 0 Å². The Kier molecular flexibility index (Phi) is 4.91. The van der Waals surface area contributed by atoms with Gasteiger partial charge in [-0.25, -0.2) is 4.79 Å². The van der Waals surface area contributed by atoms with Crippen molar-refractivity contribution < 1.29 is 20.2 Å². The first-order valence-electron chi connectivity index (χ1n) is 2.33. The number of carbonyl (C=O) groups is 2. The van der Waals surface area contributed by atoms with Gasteiger partial charge in [0.15, 0.2) is 0 Å². The summed E-state index contributed by atoms with van der Waals surface area (Å²) in [5.74, 6) is -2.47. The van der Waals surface area contributed by atoms with Crippen LogP contribution < -0.4 is 0 Å². The molecule has 0 aromatic heterocycles. The Labute approximate surface area is 52.8 Å². The van der Waals surface area contributed by atoms with E-state index in [4.69, 9.17) is 5.11 Å². The second-order valence-corrected chi connectivity index (χ2v) is 1.82. The summed E-state index contributed by atoms with van der Waals surface area (Å²) in [6, 6.07) is 0. The van der Waals surface area contributed by atoms with E-state index in [1.54, 1.807) is 13.8 Å². The van der Waals surface area contributed by atoms with E-state index in [1.807, 2.05) is 0 Å². The molecule has 0 fully saturated rings. The van der Waals surface area contributed by atoms with Gasteiger partial charge < -0.3 is 10.6 Å². The van der Waals surface area contributed by atoms with Crippen LogP contribution in [0.5, 0.6) is 0 Å². The third-order valence-corrected chi connectivity index (χ3v) is 0.735. The molecule has 0 aromatic rings. The molecule has 0 saturated carbocycles. The zero-order chi connectivity index (χ0) is 6.73. The summed E-state index contributed by atoms with van der Waals surface area (Å²) in [5, 5.41) is 8.00. The first-order chi connectivity index (χ1) is 3.55. The fourth-order valence-electron chi connectivity index (χ4n) is 0.247. The highest BCUT2D eigenvalue weighted by molar-refractivity contribution is 6.33. The first kappa shape index (κ1) is 11.0. The molecule has 0 radical (unpaired) electrons. The fraction of sp³-hybridized carbons (Fsp3) is 0.600. The van der Waals surface area contributed by atoms with Crippen molar-refractivity contribution in [2.75, 3.05) is 0 Å². The van der Waals surface area contributed by atoms with Crippen LogP contribution in [-0.2, 0) is 9.59 Å². The summed E-state index contributed by atoms with van der Waals surface area (Å²) in [5.41, 5.74) is 0. The third kappa shape index (κ3) is 3.66. The molecule has 4 nitrogen and oxygen atoms in total. The number of hydrogen-bond donors (Lipinski definition) is 1. The first-order valence-corrected chi connectivity index (χ1v) is 2.33. The number of ketones is 1. The van der Waals surface area contributed by atoms with Crippen molar-refractivity contribution in [3.63, 3.8) is 0 Å². The summed E-state index contributed by atoms with van der Waals surface area (Å²) in [4.78, 5) is 20.0. The lowest BCUT2D eigenvalue weighted by Crippen LogP contribution is -2.18. The lowest BCUT2D eigenvalue weighted by atomic mass is 10.1. The minimum atomic E-state index is -1.35. The average Bonchev–Trinajstić information content (AvgIpc) is 1.64. The summed E-state index contributed by atoms with van der Waals surface area (Å²) in [6.07, 6.45) is 0. The molecule has 0 bridgehead atoms. The van der Waals surface area contributed by atoms with Gasteiger partial charge in [0, 0.05) is 5.92 Å². The molecular formula is C5H10O4. The van der Waals surface area contributed by atoms with Gasteiger partial charge in [-0.05, 0) is 0 Å². The van der Waals surface area contributed by atoms with E-state index in [-0.39, 0.29) is 5.48 Å². The van der Waals surface area contributed by atoms with E-state index < -0.39 is 17.7 Å². The van der Waals surface area contributed by atoms with Gasteiger partial charge in [0.05, 0.1) is 0 Å². The maximum absolute atomic E-state index is 10.2. The van der Waals surface area contributed by atoms with Crippen molar-refractivity contribution in [3.8, 4) is 0 Å². The maximum atomic E-state index is 10.2. The standard InChI is InChI=1S/C5H8O3.H2O/c1-3(2)4(6)5(7)8;/h3H,1-2H3,(H,7,8);1H2. The molecule has 0 atom stereocenters. The molecule has 0 saturated heterocycles. The Morgan fingerprint density at radius 2 is 1.67 bits per heavy atom. The van der Waals surface area contributed by atoms with Crippen LogP contribution in [0.15, 0.2) is 0 Å².